The molecule has 0 saturated heterocycles. The first-order chi connectivity index (χ1) is 6.84. The highest BCUT2D eigenvalue weighted by molar-refractivity contribution is 6.32. The average molecular weight is 196 g/mol. The lowest BCUT2D eigenvalue weighted by Gasteiger charge is -2.00. The molecule has 0 aromatic heterocycles. The van der Waals surface area contributed by atoms with Crippen molar-refractivity contribution in [2.24, 2.45) is 0 Å². The number of hydrogen-bond donors (Lipinski definition) is 0. The first kappa shape index (κ1) is 8.01. The van der Waals surface area contributed by atoms with E-state index in [0.29, 0.717) is 0 Å². The van der Waals surface area contributed by atoms with Gasteiger partial charge in [0.15, 0.2) is 0 Å². The van der Waals surface area contributed by atoms with Gasteiger partial charge < -0.3 is 0 Å². The van der Waals surface area contributed by atoms with Crippen molar-refractivity contribution in [3.63, 3.8) is 0 Å². The summed E-state index contributed by atoms with van der Waals surface area (Å²) in [7, 11) is 1.15. The molecule has 0 saturated carbocycles. The van der Waals surface area contributed by atoms with E-state index in [9.17, 15) is 0 Å². The second-order valence-corrected chi connectivity index (χ2v) is 5.15. The van der Waals surface area contributed by atoms with Crippen LogP contribution in [0.3, 0.4) is 0 Å². The Morgan fingerprint density at radius 3 is 2.57 bits per heavy atom. The first-order valence-corrected chi connectivity index (χ1v) is 6.02. The van der Waals surface area contributed by atoms with Crippen LogP contribution < -0.4 is 5.19 Å². The van der Waals surface area contributed by atoms with Crippen molar-refractivity contribution in [3.8, 4) is 11.1 Å². The van der Waals surface area contributed by atoms with Crippen LogP contribution in [0.4, 0.5) is 0 Å². The minimum Gasteiger partial charge on any atom is -0.0704 e. The van der Waals surface area contributed by atoms with E-state index in [1.165, 1.54) is 27.4 Å². The lowest BCUT2D eigenvalue weighted by molar-refractivity contribution is 1.27. The molecule has 0 radical (unpaired) electrons. The molecule has 0 bridgehead atoms. The summed E-state index contributed by atoms with van der Waals surface area (Å²) in [5.74, 6) is 0. The number of benzene rings is 2. The first-order valence-electron chi connectivity index (χ1n) is 5.02. The summed E-state index contributed by atoms with van der Waals surface area (Å²) in [6, 6.07) is 15.6. The molecular formula is C13H12Si. The van der Waals surface area contributed by atoms with E-state index in [2.05, 4.69) is 42.5 Å². The Labute approximate surface area is 87.0 Å². The molecule has 68 valence electrons. The van der Waals surface area contributed by atoms with Gasteiger partial charge in [0.05, 0.1) is 0 Å². The van der Waals surface area contributed by atoms with Crippen molar-refractivity contribution in [1.29, 1.82) is 0 Å². The second-order valence-electron chi connectivity index (χ2n) is 3.99. The van der Waals surface area contributed by atoms with Crippen molar-refractivity contribution < 1.29 is 0 Å². The number of fused-ring (bicyclic) bond motifs is 3. The molecule has 0 amide bonds. The summed E-state index contributed by atoms with van der Waals surface area (Å²) in [5.41, 5.74) is 5.87. The zero-order valence-corrected chi connectivity index (χ0v) is 10.2. The zero-order chi connectivity index (χ0) is 9.54. The maximum atomic E-state index is 2.36. The van der Waals surface area contributed by atoms with Crippen molar-refractivity contribution in [3.05, 3.63) is 53.6 Å². The summed E-state index contributed by atoms with van der Waals surface area (Å²) in [4.78, 5) is 0. The Kier molecular flexibility index (Phi) is 1.61. The highest BCUT2D eigenvalue weighted by Crippen LogP contribution is 2.35. The number of rotatable bonds is 0. The molecule has 0 unspecified atom stereocenters. The molecule has 14 heavy (non-hydrogen) atoms. The summed E-state index contributed by atoms with van der Waals surface area (Å²) >= 11 is 0. The molecule has 1 aliphatic rings. The van der Waals surface area contributed by atoms with Gasteiger partial charge in [0.1, 0.15) is 0 Å². The maximum Gasteiger partial charge on any atom is 0.0385 e. The smallest absolute Gasteiger partial charge is 0.0385 e. The molecular weight excluding hydrogens is 184 g/mol. The van der Waals surface area contributed by atoms with Gasteiger partial charge in [0.2, 0.25) is 0 Å². The average Bonchev–Trinajstić information content (AvgIpc) is 2.54. The summed E-state index contributed by atoms with van der Waals surface area (Å²) in [6.45, 7) is 0. The van der Waals surface area contributed by atoms with Gasteiger partial charge in [-0.05, 0) is 28.7 Å². The molecule has 0 spiro atoms. The van der Waals surface area contributed by atoms with Gasteiger partial charge in [-0.25, -0.2) is 0 Å². The van der Waals surface area contributed by atoms with E-state index < -0.39 is 0 Å². The third kappa shape index (κ3) is 1.06. The molecule has 0 atom stereocenters. The topological polar surface area (TPSA) is 0 Å². The normalized spacial score (nSPS) is 12.6. The predicted octanol–water partition coefficient (Wildman–Crippen LogP) is 1.25. The van der Waals surface area contributed by atoms with Crippen molar-refractivity contribution in [1.82, 2.24) is 0 Å². The Bertz CT molecular complexity index is 500. The highest BCUT2D eigenvalue weighted by atomic mass is 28.1. The maximum absolute atomic E-state index is 2.36. The standard InChI is InChI=1S/C13H12Si/c14-11-5-6-13-10(8-11)7-9-3-1-2-4-12(9)13/h1-6,8H,7H2,14H3. The monoisotopic (exact) mass is 196 g/mol. The fourth-order valence-electron chi connectivity index (χ4n) is 2.27. The fourth-order valence-corrected chi connectivity index (χ4v) is 2.79. The molecule has 1 heteroatoms. The lowest BCUT2D eigenvalue weighted by Crippen LogP contribution is -2.01. The SMILES string of the molecule is [SiH3]c1ccc2c(c1)Cc1ccccc1-2. The molecule has 0 aliphatic heterocycles. The van der Waals surface area contributed by atoms with E-state index in [1.807, 2.05) is 0 Å². The third-order valence-corrected chi connectivity index (χ3v) is 3.57. The van der Waals surface area contributed by atoms with Gasteiger partial charge in [-0.3, -0.25) is 0 Å². The van der Waals surface area contributed by atoms with Crippen LogP contribution in [-0.4, -0.2) is 10.2 Å². The van der Waals surface area contributed by atoms with E-state index in [1.54, 1.807) is 0 Å². The molecule has 2 aromatic rings. The summed E-state index contributed by atoms with van der Waals surface area (Å²) < 4.78 is 0. The molecule has 3 rings (SSSR count). The Morgan fingerprint density at radius 2 is 1.64 bits per heavy atom. The van der Waals surface area contributed by atoms with Crippen LogP contribution in [0, 0.1) is 0 Å². The second kappa shape index (κ2) is 2.82. The van der Waals surface area contributed by atoms with Crippen molar-refractivity contribution in [2.45, 2.75) is 6.42 Å². The van der Waals surface area contributed by atoms with Crippen LogP contribution >= 0.6 is 0 Å². The van der Waals surface area contributed by atoms with Gasteiger partial charge in [0, 0.05) is 10.2 Å². The Balaban J connectivity index is 2.27. The fraction of sp³-hybridized carbons (Fsp3) is 0.0769. The van der Waals surface area contributed by atoms with Crippen LogP contribution in [0.15, 0.2) is 42.5 Å². The van der Waals surface area contributed by atoms with E-state index in [0.717, 1.165) is 16.7 Å². The molecule has 0 fully saturated rings. The van der Waals surface area contributed by atoms with Gasteiger partial charge >= 0.3 is 0 Å². The van der Waals surface area contributed by atoms with Crippen molar-refractivity contribution >= 4 is 15.4 Å². The summed E-state index contributed by atoms with van der Waals surface area (Å²) in [5, 5.41) is 1.50. The van der Waals surface area contributed by atoms with Crippen LogP contribution in [0.5, 0.6) is 0 Å². The third-order valence-electron chi connectivity index (χ3n) is 2.95. The predicted molar refractivity (Wildman–Crippen MR) is 64.3 cm³/mol. The summed E-state index contributed by atoms with van der Waals surface area (Å²) in [6.07, 6.45) is 1.13. The Morgan fingerprint density at radius 1 is 0.857 bits per heavy atom. The van der Waals surface area contributed by atoms with Crippen LogP contribution in [0.2, 0.25) is 0 Å². The lowest BCUT2D eigenvalue weighted by atomic mass is 10.1. The molecule has 0 nitrogen and oxygen atoms in total. The number of hydrogen-bond acceptors (Lipinski definition) is 0. The van der Waals surface area contributed by atoms with E-state index >= 15 is 0 Å². The quantitative estimate of drug-likeness (QED) is 0.475. The zero-order valence-electron chi connectivity index (χ0n) is 8.25. The Hall–Kier alpha value is -1.34. The minimum atomic E-state index is 1.13. The van der Waals surface area contributed by atoms with Gasteiger partial charge in [-0.2, -0.15) is 0 Å². The molecule has 2 aromatic carbocycles. The molecule has 0 heterocycles. The minimum absolute atomic E-state index is 1.13. The molecule has 1 aliphatic carbocycles. The van der Waals surface area contributed by atoms with Gasteiger partial charge in [0.25, 0.3) is 0 Å². The highest BCUT2D eigenvalue weighted by Gasteiger charge is 2.16. The van der Waals surface area contributed by atoms with Crippen LogP contribution in [0.25, 0.3) is 11.1 Å². The van der Waals surface area contributed by atoms with Crippen molar-refractivity contribution in [2.75, 3.05) is 0 Å². The van der Waals surface area contributed by atoms with E-state index in [-0.39, 0.29) is 0 Å². The van der Waals surface area contributed by atoms with Gasteiger partial charge in [-0.1, -0.05) is 47.7 Å². The molecule has 0 N–H and O–H groups in total. The van der Waals surface area contributed by atoms with Crippen LogP contribution in [-0.2, 0) is 6.42 Å². The van der Waals surface area contributed by atoms with E-state index in [4.69, 9.17) is 0 Å². The van der Waals surface area contributed by atoms with Crippen LogP contribution in [0.1, 0.15) is 11.1 Å². The van der Waals surface area contributed by atoms with Gasteiger partial charge in [-0.15, -0.1) is 0 Å². The largest absolute Gasteiger partial charge is 0.0704 e.